The van der Waals surface area contributed by atoms with Crippen LogP contribution in [0.1, 0.15) is 16.1 Å². The first-order valence-corrected chi connectivity index (χ1v) is 9.03. The highest BCUT2D eigenvalue weighted by atomic mass is 32.2. The van der Waals surface area contributed by atoms with Crippen molar-refractivity contribution in [1.29, 1.82) is 0 Å². The predicted molar refractivity (Wildman–Crippen MR) is 84.5 cm³/mol. The van der Waals surface area contributed by atoms with Gasteiger partial charge in [0.05, 0.1) is 11.2 Å². The quantitative estimate of drug-likeness (QED) is 0.829. The van der Waals surface area contributed by atoms with Crippen molar-refractivity contribution >= 4 is 15.9 Å². The third-order valence-corrected chi connectivity index (χ3v) is 6.01. The number of aryl methyl sites for hydroxylation is 1. The Balaban J connectivity index is 1.72. The normalized spacial score (nSPS) is 16.2. The summed E-state index contributed by atoms with van der Waals surface area (Å²) < 4.78 is 57.7. The molecule has 1 aromatic carbocycles. The molecule has 3 rings (SSSR count). The van der Waals surface area contributed by atoms with E-state index in [1.807, 2.05) is 0 Å². The number of carbonyl (C=O) groups excluding carboxylic acids is 1. The average molecular weight is 370 g/mol. The first-order chi connectivity index (χ1) is 11.8. The van der Waals surface area contributed by atoms with Crippen LogP contribution in [0, 0.1) is 18.6 Å². The summed E-state index contributed by atoms with van der Waals surface area (Å²) in [5, 5.41) is 0. The zero-order chi connectivity index (χ0) is 18.2. The van der Waals surface area contributed by atoms with Gasteiger partial charge < -0.3 is 9.32 Å². The maximum atomic E-state index is 13.3. The van der Waals surface area contributed by atoms with Crippen molar-refractivity contribution in [3.05, 3.63) is 53.5 Å². The van der Waals surface area contributed by atoms with E-state index in [2.05, 4.69) is 0 Å². The second kappa shape index (κ2) is 6.57. The van der Waals surface area contributed by atoms with Gasteiger partial charge in [0.2, 0.25) is 10.0 Å². The molecule has 1 saturated heterocycles. The fourth-order valence-electron chi connectivity index (χ4n) is 2.65. The third kappa shape index (κ3) is 3.29. The second-order valence-corrected chi connectivity index (χ2v) is 7.64. The van der Waals surface area contributed by atoms with Crippen LogP contribution in [0.5, 0.6) is 0 Å². The van der Waals surface area contributed by atoms with Crippen LogP contribution in [-0.4, -0.2) is 49.7 Å². The summed E-state index contributed by atoms with van der Waals surface area (Å²) >= 11 is 0. The second-order valence-electron chi connectivity index (χ2n) is 5.70. The van der Waals surface area contributed by atoms with Gasteiger partial charge in [-0.1, -0.05) is 0 Å². The number of sulfonamides is 1. The van der Waals surface area contributed by atoms with Crippen LogP contribution in [-0.2, 0) is 10.0 Å². The van der Waals surface area contributed by atoms with E-state index in [0.29, 0.717) is 11.6 Å². The highest BCUT2D eigenvalue weighted by molar-refractivity contribution is 7.89. The lowest BCUT2D eigenvalue weighted by molar-refractivity contribution is 0.0665. The van der Waals surface area contributed by atoms with E-state index < -0.39 is 21.7 Å². The van der Waals surface area contributed by atoms with Crippen LogP contribution < -0.4 is 0 Å². The Morgan fingerprint density at radius 3 is 2.32 bits per heavy atom. The van der Waals surface area contributed by atoms with Crippen molar-refractivity contribution < 1.29 is 26.4 Å². The van der Waals surface area contributed by atoms with Crippen LogP contribution in [0.25, 0.3) is 0 Å². The number of carbonyl (C=O) groups is 1. The van der Waals surface area contributed by atoms with Crippen LogP contribution in [0.4, 0.5) is 8.78 Å². The molecule has 0 N–H and O–H groups in total. The van der Waals surface area contributed by atoms with Gasteiger partial charge in [-0.3, -0.25) is 4.79 Å². The number of piperazine rings is 1. The maximum absolute atomic E-state index is 13.3. The number of amides is 1. The molecule has 0 atom stereocenters. The van der Waals surface area contributed by atoms with Gasteiger partial charge in [-0.25, -0.2) is 17.2 Å². The summed E-state index contributed by atoms with van der Waals surface area (Å²) in [4.78, 5) is 13.6. The molecule has 1 amide bonds. The smallest absolute Gasteiger partial charge is 0.289 e. The Morgan fingerprint density at radius 1 is 1.08 bits per heavy atom. The van der Waals surface area contributed by atoms with E-state index in [4.69, 9.17) is 4.42 Å². The number of benzene rings is 1. The largest absolute Gasteiger partial charge is 0.459 e. The molecular weight excluding hydrogens is 354 g/mol. The van der Waals surface area contributed by atoms with Gasteiger partial charge in [0.15, 0.2) is 17.4 Å². The first-order valence-electron chi connectivity index (χ1n) is 7.59. The number of furan rings is 1. The lowest BCUT2D eigenvalue weighted by Crippen LogP contribution is -2.50. The molecule has 0 bridgehead atoms. The lowest BCUT2D eigenvalue weighted by Gasteiger charge is -2.33. The standard InChI is InChI=1S/C16H16F2N2O4S/c1-11-4-9-24-15(11)16(21)19-5-7-20(8-6-19)25(22,23)12-2-3-13(17)14(18)10-12/h2-4,9-10H,5-8H2,1H3. The first kappa shape index (κ1) is 17.6. The Labute approximate surface area is 143 Å². The fourth-order valence-corrected chi connectivity index (χ4v) is 4.09. The van der Waals surface area contributed by atoms with E-state index >= 15 is 0 Å². The zero-order valence-corrected chi connectivity index (χ0v) is 14.2. The van der Waals surface area contributed by atoms with E-state index in [0.717, 1.165) is 16.4 Å². The van der Waals surface area contributed by atoms with Crippen molar-refractivity contribution in [2.75, 3.05) is 26.2 Å². The molecule has 134 valence electrons. The SMILES string of the molecule is Cc1ccoc1C(=O)N1CCN(S(=O)(=O)c2ccc(F)c(F)c2)CC1. The van der Waals surface area contributed by atoms with Crippen molar-refractivity contribution in [1.82, 2.24) is 9.21 Å². The minimum absolute atomic E-state index is 0.0623. The van der Waals surface area contributed by atoms with Gasteiger partial charge in [-0.05, 0) is 31.2 Å². The van der Waals surface area contributed by atoms with E-state index in [1.165, 1.54) is 11.2 Å². The Hall–Kier alpha value is -2.26. The minimum Gasteiger partial charge on any atom is -0.459 e. The monoisotopic (exact) mass is 370 g/mol. The van der Waals surface area contributed by atoms with Crippen LogP contribution in [0.15, 0.2) is 39.8 Å². The highest BCUT2D eigenvalue weighted by Crippen LogP contribution is 2.21. The maximum Gasteiger partial charge on any atom is 0.289 e. The number of nitrogens with zero attached hydrogens (tertiary/aromatic N) is 2. The highest BCUT2D eigenvalue weighted by Gasteiger charge is 2.32. The van der Waals surface area contributed by atoms with Gasteiger partial charge in [-0.15, -0.1) is 0 Å². The molecular formula is C16H16F2N2O4S. The Morgan fingerprint density at radius 2 is 1.76 bits per heavy atom. The average Bonchev–Trinajstić information content (AvgIpc) is 3.02. The van der Waals surface area contributed by atoms with Gasteiger partial charge in [0.25, 0.3) is 5.91 Å². The Kier molecular flexibility index (Phi) is 4.61. The van der Waals surface area contributed by atoms with E-state index in [-0.39, 0.29) is 42.7 Å². The molecule has 1 fully saturated rings. The molecule has 1 aliphatic rings. The topological polar surface area (TPSA) is 70.8 Å². The molecule has 0 radical (unpaired) electrons. The summed E-state index contributed by atoms with van der Waals surface area (Å²) in [5.41, 5.74) is 0.710. The predicted octanol–water partition coefficient (Wildman–Crippen LogP) is 2.01. The molecule has 0 saturated carbocycles. The van der Waals surface area contributed by atoms with Crippen LogP contribution in [0.3, 0.4) is 0 Å². The molecule has 2 heterocycles. The molecule has 0 aliphatic carbocycles. The van der Waals surface area contributed by atoms with Crippen LogP contribution in [0.2, 0.25) is 0 Å². The summed E-state index contributed by atoms with van der Waals surface area (Å²) in [7, 11) is -3.95. The van der Waals surface area contributed by atoms with Gasteiger partial charge in [0.1, 0.15) is 0 Å². The van der Waals surface area contributed by atoms with Crippen LogP contribution >= 0.6 is 0 Å². The number of rotatable bonds is 3. The molecule has 1 aliphatic heterocycles. The van der Waals surface area contributed by atoms with Crippen molar-refractivity contribution in [3.63, 3.8) is 0 Å². The molecule has 9 heteroatoms. The molecule has 0 unspecified atom stereocenters. The van der Waals surface area contributed by atoms with Gasteiger partial charge in [0, 0.05) is 31.7 Å². The van der Waals surface area contributed by atoms with E-state index in [9.17, 15) is 22.0 Å². The van der Waals surface area contributed by atoms with Crippen molar-refractivity contribution in [2.24, 2.45) is 0 Å². The molecule has 6 nitrogen and oxygen atoms in total. The third-order valence-electron chi connectivity index (χ3n) is 4.11. The summed E-state index contributed by atoms with van der Waals surface area (Å²) in [6.07, 6.45) is 1.42. The number of hydrogen-bond donors (Lipinski definition) is 0. The zero-order valence-electron chi connectivity index (χ0n) is 13.4. The summed E-state index contributed by atoms with van der Waals surface area (Å²) in [6.45, 7) is 2.24. The van der Waals surface area contributed by atoms with Gasteiger partial charge in [-0.2, -0.15) is 4.31 Å². The lowest BCUT2D eigenvalue weighted by atomic mass is 10.2. The van der Waals surface area contributed by atoms with Crippen molar-refractivity contribution in [3.8, 4) is 0 Å². The van der Waals surface area contributed by atoms with E-state index in [1.54, 1.807) is 13.0 Å². The molecule has 0 spiro atoms. The molecule has 1 aromatic heterocycles. The molecule has 2 aromatic rings. The summed E-state index contributed by atoms with van der Waals surface area (Å²) in [6, 6.07) is 4.14. The number of halogens is 2. The van der Waals surface area contributed by atoms with Crippen molar-refractivity contribution in [2.45, 2.75) is 11.8 Å². The fraction of sp³-hybridized carbons (Fsp3) is 0.312. The minimum atomic E-state index is -3.95. The summed E-state index contributed by atoms with van der Waals surface area (Å²) in [5.74, 6) is -2.39. The Bertz CT molecular complexity index is 903. The molecule has 25 heavy (non-hydrogen) atoms. The van der Waals surface area contributed by atoms with Gasteiger partial charge >= 0.3 is 0 Å². The number of hydrogen-bond acceptors (Lipinski definition) is 4.